The normalized spacial score (nSPS) is 31.0. The van der Waals surface area contributed by atoms with E-state index >= 15 is 0 Å². The second kappa shape index (κ2) is 6.71. The van der Waals surface area contributed by atoms with Crippen molar-refractivity contribution in [1.82, 2.24) is 15.8 Å². The highest BCUT2D eigenvalue weighted by atomic mass is 32.1. The van der Waals surface area contributed by atoms with Gasteiger partial charge in [-0.2, -0.15) is 0 Å². The van der Waals surface area contributed by atoms with Crippen LogP contribution in [0.4, 0.5) is 0 Å². The number of thiocarbonyl (C=S) groups is 1. The molecular formula is C14H27N3S. The Morgan fingerprint density at radius 1 is 0.944 bits per heavy atom. The smallest absolute Gasteiger partial charge is 0.181 e. The van der Waals surface area contributed by atoms with Crippen LogP contribution in [-0.4, -0.2) is 28.2 Å². The molecule has 1 saturated heterocycles. The first-order chi connectivity index (χ1) is 8.66. The molecule has 0 aromatic carbocycles. The first-order valence-corrected chi connectivity index (χ1v) is 7.93. The van der Waals surface area contributed by atoms with Crippen molar-refractivity contribution in [2.45, 2.75) is 83.3 Å². The molecule has 0 aromatic rings. The van der Waals surface area contributed by atoms with Crippen LogP contribution in [0.15, 0.2) is 0 Å². The molecular weight excluding hydrogens is 242 g/mol. The summed E-state index contributed by atoms with van der Waals surface area (Å²) in [5.41, 5.74) is 3.42. The van der Waals surface area contributed by atoms with E-state index in [0.29, 0.717) is 18.1 Å². The molecule has 18 heavy (non-hydrogen) atoms. The Morgan fingerprint density at radius 3 is 2.17 bits per heavy atom. The van der Waals surface area contributed by atoms with Crippen LogP contribution >= 0.6 is 12.2 Å². The summed E-state index contributed by atoms with van der Waals surface area (Å²) >= 11 is 5.46. The van der Waals surface area contributed by atoms with Gasteiger partial charge in [-0.05, 0) is 51.7 Å². The van der Waals surface area contributed by atoms with Gasteiger partial charge in [-0.25, -0.2) is 5.01 Å². The summed E-state index contributed by atoms with van der Waals surface area (Å²) in [5.74, 6) is 0. The molecule has 0 unspecified atom stereocenters. The number of hydrogen-bond acceptors (Lipinski definition) is 2. The molecule has 104 valence electrons. The first-order valence-electron chi connectivity index (χ1n) is 7.52. The van der Waals surface area contributed by atoms with E-state index in [-0.39, 0.29) is 0 Å². The summed E-state index contributed by atoms with van der Waals surface area (Å²) in [4.78, 5) is 0. The van der Waals surface area contributed by atoms with Gasteiger partial charge in [0.05, 0.1) is 0 Å². The Morgan fingerprint density at radius 2 is 1.56 bits per heavy atom. The van der Waals surface area contributed by atoms with Gasteiger partial charge in [0.2, 0.25) is 0 Å². The van der Waals surface area contributed by atoms with Crippen LogP contribution in [0.5, 0.6) is 0 Å². The SMILES string of the molecule is C[C@@H]1CCC[C@@H](C)N1NC(=S)NC1CCCCC1. The average Bonchev–Trinajstić information content (AvgIpc) is 2.35. The van der Waals surface area contributed by atoms with E-state index in [1.807, 2.05) is 0 Å². The van der Waals surface area contributed by atoms with Crippen molar-refractivity contribution in [3.05, 3.63) is 0 Å². The van der Waals surface area contributed by atoms with Gasteiger partial charge in [0, 0.05) is 18.1 Å². The van der Waals surface area contributed by atoms with Crippen molar-refractivity contribution >= 4 is 17.3 Å². The molecule has 0 spiro atoms. The lowest BCUT2D eigenvalue weighted by molar-refractivity contribution is 0.0732. The van der Waals surface area contributed by atoms with E-state index < -0.39 is 0 Å². The molecule has 2 rings (SSSR count). The van der Waals surface area contributed by atoms with Gasteiger partial charge in [-0.15, -0.1) is 0 Å². The maximum atomic E-state index is 5.46. The van der Waals surface area contributed by atoms with Gasteiger partial charge in [0.25, 0.3) is 0 Å². The minimum atomic E-state index is 0.583. The van der Waals surface area contributed by atoms with E-state index in [4.69, 9.17) is 12.2 Å². The van der Waals surface area contributed by atoms with Crippen molar-refractivity contribution in [2.24, 2.45) is 0 Å². The highest BCUT2D eigenvalue weighted by molar-refractivity contribution is 7.80. The summed E-state index contributed by atoms with van der Waals surface area (Å²) in [6.45, 7) is 4.57. The topological polar surface area (TPSA) is 27.3 Å². The van der Waals surface area contributed by atoms with Gasteiger partial charge >= 0.3 is 0 Å². The molecule has 0 radical (unpaired) electrons. The van der Waals surface area contributed by atoms with Crippen molar-refractivity contribution in [1.29, 1.82) is 0 Å². The van der Waals surface area contributed by atoms with Crippen LogP contribution < -0.4 is 10.7 Å². The maximum Gasteiger partial charge on any atom is 0.181 e. The van der Waals surface area contributed by atoms with Gasteiger partial charge in [0.15, 0.2) is 5.11 Å². The van der Waals surface area contributed by atoms with Crippen molar-refractivity contribution in [2.75, 3.05) is 0 Å². The van der Waals surface area contributed by atoms with Crippen molar-refractivity contribution < 1.29 is 0 Å². The number of hydrogen-bond donors (Lipinski definition) is 2. The predicted molar refractivity (Wildman–Crippen MR) is 80.4 cm³/mol. The van der Waals surface area contributed by atoms with Crippen LogP contribution in [0, 0.1) is 0 Å². The van der Waals surface area contributed by atoms with E-state index in [1.54, 1.807) is 0 Å². The van der Waals surface area contributed by atoms with E-state index in [2.05, 4.69) is 29.6 Å². The van der Waals surface area contributed by atoms with Gasteiger partial charge in [-0.3, -0.25) is 5.43 Å². The summed E-state index contributed by atoms with van der Waals surface area (Å²) in [6.07, 6.45) is 10.5. The Hall–Kier alpha value is -0.350. The number of nitrogens with one attached hydrogen (secondary N) is 2. The van der Waals surface area contributed by atoms with Crippen molar-refractivity contribution in [3.8, 4) is 0 Å². The Kier molecular flexibility index (Phi) is 5.25. The van der Waals surface area contributed by atoms with E-state index in [9.17, 15) is 0 Å². The molecule has 3 nitrogen and oxygen atoms in total. The molecule has 1 heterocycles. The molecule has 0 amide bonds. The monoisotopic (exact) mass is 269 g/mol. The summed E-state index contributed by atoms with van der Waals surface area (Å²) < 4.78 is 0. The third-order valence-corrected chi connectivity index (χ3v) is 4.57. The van der Waals surface area contributed by atoms with Crippen LogP contribution in [0.3, 0.4) is 0 Å². The van der Waals surface area contributed by atoms with Crippen LogP contribution in [0.2, 0.25) is 0 Å². The lowest BCUT2D eigenvalue weighted by Gasteiger charge is -2.40. The molecule has 2 fully saturated rings. The van der Waals surface area contributed by atoms with E-state index in [1.165, 1.54) is 51.4 Å². The first kappa shape index (κ1) is 14.1. The Bertz CT molecular complexity index is 266. The highest BCUT2D eigenvalue weighted by Gasteiger charge is 2.25. The molecule has 4 heteroatoms. The number of rotatable bonds is 2. The second-order valence-corrected chi connectivity index (χ2v) is 6.36. The zero-order valence-electron chi connectivity index (χ0n) is 11.7. The minimum absolute atomic E-state index is 0.583. The summed E-state index contributed by atoms with van der Waals surface area (Å²) in [5, 5.41) is 6.64. The standard InChI is InChI=1S/C14H27N3S/c1-11-7-6-8-12(2)17(11)16-14(18)15-13-9-4-3-5-10-13/h11-13H,3-10H2,1-2H3,(H2,15,16,18)/t11-,12-/m1/s1. The largest absolute Gasteiger partial charge is 0.359 e. The predicted octanol–water partition coefficient (Wildman–Crippen LogP) is 2.96. The molecule has 2 atom stereocenters. The summed E-state index contributed by atoms with van der Waals surface area (Å²) in [7, 11) is 0. The fourth-order valence-electron chi connectivity index (χ4n) is 3.22. The zero-order chi connectivity index (χ0) is 13.0. The number of nitrogens with zero attached hydrogens (tertiary/aromatic N) is 1. The Balaban J connectivity index is 1.78. The molecule has 1 saturated carbocycles. The second-order valence-electron chi connectivity index (χ2n) is 5.96. The molecule has 1 aliphatic heterocycles. The van der Waals surface area contributed by atoms with E-state index in [0.717, 1.165) is 5.11 Å². The minimum Gasteiger partial charge on any atom is -0.359 e. The molecule has 0 aromatic heterocycles. The lowest BCUT2D eigenvalue weighted by atomic mass is 9.96. The zero-order valence-corrected chi connectivity index (χ0v) is 12.6. The van der Waals surface area contributed by atoms with Crippen LogP contribution in [0.1, 0.15) is 65.2 Å². The molecule has 1 aliphatic carbocycles. The third-order valence-electron chi connectivity index (χ3n) is 4.36. The van der Waals surface area contributed by atoms with Gasteiger partial charge < -0.3 is 5.32 Å². The Labute approximate surface area is 117 Å². The van der Waals surface area contributed by atoms with Gasteiger partial charge in [0.1, 0.15) is 0 Å². The molecule has 0 bridgehead atoms. The maximum absolute atomic E-state index is 5.46. The van der Waals surface area contributed by atoms with Crippen LogP contribution in [-0.2, 0) is 0 Å². The molecule has 2 N–H and O–H groups in total. The van der Waals surface area contributed by atoms with Crippen molar-refractivity contribution in [3.63, 3.8) is 0 Å². The highest BCUT2D eigenvalue weighted by Crippen LogP contribution is 2.20. The fourth-order valence-corrected chi connectivity index (χ4v) is 3.50. The fraction of sp³-hybridized carbons (Fsp3) is 0.929. The molecule has 2 aliphatic rings. The number of piperidine rings is 1. The van der Waals surface area contributed by atoms with Gasteiger partial charge in [-0.1, -0.05) is 25.7 Å². The summed E-state index contributed by atoms with van der Waals surface area (Å²) in [6, 6.07) is 1.76. The third kappa shape index (κ3) is 3.82. The quantitative estimate of drug-likeness (QED) is 0.754. The lowest BCUT2D eigenvalue weighted by Crippen LogP contribution is -2.57. The average molecular weight is 269 g/mol. The number of hydrazine groups is 1. The van der Waals surface area contributed by atoms with Crippen LogP contribution in [0.25, 0.3) is 0 Å².